The van der Waals surface area contributed by atoms with Gasteiger partial charge in [0.2, 0.25) is 0 Å². The first-order valence-corrected chi connectivity index (χ1v) is 6.64. The minimum atomic E-state index is -0.901. The lowest BCUT2D eigenvalue weighted by Crippen LogP contribution is -2.14. The Morgan fingerprint density at radius 2 is 1.89 bits per heavy atom. The molecular weight excluding hydrogens is 387 g/mol. The Morgan fingerprint density at radius 3 is 2.53 bits per heavy atom. The zero-order valence-corrected chi connectivity index (χ0v) is 12.3. The molecule has 0 aliphatic rings. The van der Waals surface area contributed by atoms with Crippen LogP contribution in [0.5, 0.6) is 0 Å². The maximum Gasteiger partial charge on any atom is 0.258 e. The number of nitrogens with one attached hydrogen (secondary N) is 1. The van der Waals surface area contributed by atoms with Gasteiger partial charge in [-0.3, -0.25) is 4.79 Å². The third-order valence-electron chi connectivity index (χ3n) is 2.36. The van der Waals surface area contributed by atoms with Crippen LogP contribution in [0.25, 0.3) is 0 Å². The molecule has 2 nitrogen and oxygen atoms in total. The molecule has 0 aromatic heterocycles. The highest BCUT2D eigenvalue weighted by Gasteiger charge is 2.13. The van der Waals surface area contributed by atoms with Gasteiger partial charge in [0.15, 0.2) is 0 Å². The van der Waals surface area contributed by atoms with Crippen LogP contribution in [0.2, 0.25) is 5.02 Å². The number of carbonyl (C=O) groups excluding carboxylic acids is 1. The van der Waals surface area contributed by atoms with Gasteiger partial charge in [0.1, 0.15) is 11.6 Å². The molecule has 0 aliphatic heterocycles. The zero-order chi connectivity index (χ0) is 14.0. The van der Waals surface area contributed by atoms with Crippen molar-refractivity contribution in [3.05, 3.63) is 62.2 Å². The molecule has 0 spiro atoms. The minimum Gasteiger partial charge on any atom is -0.321 e. The summed E-state index contributed by atoms with van der Waals surface area (Å²) in [5.74, 6) is -2.27. The van der Waals surface area contributed by atoms with Crippen LogP contribution in [0, 0.1) is 15.2 Å². The van der Waals surface area contributed by atoms with E-state index < -0.39 is 17.5 Å². The van der Waals surface area contributed by atoms with Gasteiger partial charge < -0.3 is 5.32 Å². The third kappa shape index (κ3) is 3.42. The predicted molar refractivity (Wildman–Crippen MR) is 78.5 cm³/mol. The van der Waals surface area contributed by atoms with Crippen LogP contribution in [0.4, 0.5) is 14.5 Å². The quantitative estimate of drug-likeness (QED) is 0.749. The molecule has 0 aliphatic carbocycles. The highest BCUT2D eigenvalue weighted by Crippen LogP contribution is 2.23. The summed E-state index contributed by atoms with van der Waals surface area (Å²) < 4.78 is 26.9. The highest BCUT2D eigenvalue weighted by atomic mass is 127. The Morgan fingerprint density at radius 1 is 1.16 bits per heavy atom. The summed E-state index contributed by atoms with van der Waals surface area (Å²) in [6.07, 6.45) is 0. The van der Waals surface area contributed by atoms with Crippen molar-refractivity contribution in [2.75, 3.05) is 5.32 Å². The van der Waals surface area contributed by atoms with Crippen LogP contribution < -0.4 is 5.32 Å². The molecule has 2 rings (SSSR count). The first kappa shape index (κ1) is 14.2. The van der Waals surface area contributed by atoms with Crippen molar-refractivity contribution in [2.24, 2.45) is 0 Å². The fourth-order valence-corrected chi connectivity index (χ4v) is 2.46. The summed E-state index contributed by atoms with van der Waals surface area (Å²) in [5, 5.41) is 3.08. The number of rotatable bonds is 2. The topological polar surface area (TPSA) is 29.1 Å². The van der Waals surface area contributed by atoms with Gasteiger partial charge >= 0.3 is 0 Å². The second-order valence-electron chi connectivity index (χ2n) is 3.70. The van der Waals surface area contributed by atoms with Crippen molar-refractivity contribution in [1.82, 2.24) is 0 Å². The minimum absolute atomic E-state index is 0.216. The molecule has 6 heteroatoms. The third-order valence-corrected chi connectivity index (χ3v) is 3.48. The Kier molecular flexibility index (Phi) is 4.36. The average molecular weight is 394 g/mol. The number of anilines is 1. The maximum atomic E-state index is 13.4. The van der Waals surface area contributed by atoms with Crippen LogP contribution in [0.3, 0.4) is 0 Å². The molecule has 19 heavy (non-hydrogen) atoms. The average Bonchev–Trinajstić information content (AvgIpc) is 2.32. The van der Waals surface area contributed by atoms with Gasteiger partial charge in [-0.2, -0.15) is 0 Å². The van der Waals surface area contributed by atoms with Gasteiger partial charge in [-0.05, 0) is 52.9 Å². The molecular formula is C13H7ClF2INO. The largest absolute Gasteiger partial charge is 0.321 e. The van der Waals surface area contributed by atoms with Gasteiger partial charge in [-0.25, -0.2) is 8.78 Å². The monoisotopic (exact) mass is 393 g/mol. The molecule has 0 saturated heterocycles. The fourth-order valence-electron chi connectivity index (χ4n) is 1.45. The summed E-state index contributed by atoms with van der Waals surface area (Å²) in [6.45, 7) is 0. The van der Waals surface area contributed by atoms with Crippen molar-refractivity contribution in [3.63, 3.8) is 0 Å². The van der Waals surface area contributed by atoms with Gasteiger partial charge in [0.05, 0.1) is 11.3 Å². The Hall–Kier alpha value is -1.21. The van der Waals surface area contributed by atoms with E-state index in [9.17, 15) is 13.6 Å². The van der Waals surface area contributed by atoms with Crippen LogP contribution in [-0.4, -0.2) is 5.91 Å². The summed E-state index contributed by atoms with van der Waals surface area (Å²) in [6, 6.07) is 7.69. The van der Waals surface area contributed by atoms with E-state index in [0.29, 0.717) is 16.8 Å². The van der Waals surface area contributed by atoms with Crippen molar-refractivity contribution in [2.45, 2.75) is 0 Å². The van der Waals surface area contributed by atoms with E-state index >= 15 is 0 Å². The van der Waals surface area contributed by atoms with E-state index in [2.05, 4.69) is 5.32 Å². The van der Waals surface area contributed by atoms with Crippen LogP contribution in [0.1, 0.15) is 10.4 Å². The number of amides is 1. The van der Waals surface area contributed by atoms with Gasteiger partial charge in [0, 0.05) is 14.7 Å². The molecule has 2 aromatic carbocycles. The molecule has 0 fully saturated rings. The van der Waals surface area contributed by atoms with Gasteiger partial charge in [-0.15, -0.1) is 0 Å². The molecule has 0 heterocycles. The number of halogens is 4. The van der Waals surface area contributed by atoms with Crippen LogP contribution in [-0.2, 0) is 0 Å². The Balaban J connectivity index is 2.25. The molecule has 0 bridgehead atoms. The van der Waals surface area contributed by atoms with E-state index in [1.807, 2.05) is 22.6 Å². The molecule has 1 N–H and O–H groups in total. The lowest BCUT2D eigenvalue weighted by molar-refractivity contribution is 0.102. The first-order valence-electron chi connectivity index (χ1n) is 5.19. The molecule has 0 radical (unpaired) electrons. The molecule has 98 valence electrons. The van der Waals surface area contributed by atoms with E-state index in [0.717, 1.165) is 15.7 Å². The van der Waals surface area contributed by atoms with E-state index in [1.54, 1.807) is 18.2 Å². The zero-order valence-electron chi connectivity index (χ0n) is 9.38. The van der Waals surface area contributed by atoms with Crippen LogP contribution in [0.15, 0.2) is 36.4 Å². The standard InChI is InChI=1S/C13H7ClF2INO/c14-7-1-4-12(11(17)5-7)18-13(19)9-3-2-8(15)6-10(9)16/h1-6H,(H,18,19). The normalized spacial score (nSPS) is 10.3. The number of hydrogen-bond donors (Lipinski definition) is 1. The second-order valence-corrected chi connectivity index (χ2v) is 5.30. The van der Waals surface area contributed by atoms with Crippen LogP contribution >= 0.6 is 34.2 Å². The second kappa shape index (κ2) is 5.83. The summed E-state index contributed by atoms with van der Waals surface area (Å²) in [4.78, 5) is 11.9. The lowest BCUT2D eigenvalue weighted by Gasteiger charge is -2.08. The number of carbonyl (C=O) groups is 1. The highest BCUT2D eigenvalue weighted by molar-refractivity contribution is 14.1. The molecule has 0 atom stereocenters. The van der Waals surface area contributed by atoms with Gasteiger partial charge in [-0.1, -0.05) is 11.6 Å². The fraction of sp³-hybridized carbons (Fsp3) is 0. The summed E-state index contributed by atoms with van der Waals surface area (Å²) >= 11 is 7.79. The molecule has 0 unspecified atom stereocenters. The van der Waals surface area contributed by atoms with Crippen molar-refractivity contribution < 1.29 is 13.6 Å². The first-order chi connectivity index (χ1) is 8.97. The van der Waals surface area contributed by atoms with Crippen molar-refractivity contribution in [3.8, 4) is 0 Å². The molecule has 1 amide bonds. The summed E-state index contributed by atoms with van der Waals surface area (Å²) in [7, 11) is 0. The summed E-state index contributed by atoms with van der Waals surface area (Å²) in [5.41, 5.74) is 0.297. The lowest BCUT2D eigenvalue weighted by atomic mass is 10.2. The Labute approximate surface area is 126 Å². The van der Waals surface area contributed by atoms with Crippen molar-refractivity contribution >= 4 is 45.8 Å². The number of benzene rings is 2. The van der Waals surface area contributed by atoms with E-state index in [4.69, 9.17) is 11.6 Å². The molecule has 2 aromatic rings. The van der Waals surface area contributed by atoms with E-state index in [1.165, 1.54) is 0 Å². The smallest absolute Gasteiger partial charge is 0.258 e. The Bertz CT molecular complexity index is 649. The SMILES string of the molecule is O=C(Nc1ccc(Cl)cc1I)c1ccc(F)cc1F. The van der Waals surface area contributed by atoms with E-state index in [-0.39, 0.29) is 5.56 Å². The number of hydrogen-bond acceptors (Lipinski definition) is 1. The maximum absolute atomic E-state index is 13.4. The molecule has 0 saturated carbocycles. The predicted octanol–water partition coefficient (Wildman–Crippen LogP) is 4.48. The van der Waals surface area contributed by atoms with Gasteiger partial charge in [0.25, 0.3) is 5.91 Å². The van der Waals surface area contributed by atoms with Crippen molar-refractivity contribution in [1.29, 1.82) is 0 Å².